The summed E-state index contributed by atoms with van der Waals surface area (Å²) < 4.78 is 19.7. The van der Waals surface area contributed by atoms with Crippen LogP contribution in [0.4, 0.5) is 10.1 Å². The maximum absolute atomic E-state index is 12.9. The lowest BCUT2D eigenvalue weighted by Gasteiger charge is -2.08. The van der Waals surface area contributed by atoms with Crippen LogP contribution in [0.2, 0.25) is 0 Å². The Hall–Kier alpha value is -3.13. The highest BCUT2D eigenvalue weighted by Gasteiger charge is 2.16. The number of para-hydroxylation sites is 1. The molecule has 0 radical (unpaired) electrons. The number of carbonyl (C=O) groups excluding carboxylic acids is 2. The Morgan fingerprint density at radius 3 is 2.50 bits per heavy atom. The van der Waals surface area contributed by atoms with Crippen LogP contribution in [0.1, 0.15) is 17.8 Å². The van der Waals surface area contributed by atoms with Gasteiger partial charge in [-0.05, 0) is 50.2 Å². The molecule has 0 bridgehead atoms. The zero-order valence-corrected chi connectivity index (χ0v) is 17.5. The van der Waals surface area contributed by atoms with Crippen LogP contribution in [-0.2, 0) is 14.3 Å². The fraction of sp³-hybridized carbons (Fsp3) is 0.227. The van der Waals surface area contributed by atoms with E-state index in [0.717, 1.165) is 16.3 Å². The van der Waals surface area contributed by atoms with Crippen molar-refractivity contribution in [2.45, 2.75) is 25.2 Å². The summed E-state index contributed by atoms with van der Waals surface area (Å²) in [6.07, 6.45) is 0.152. The van der Waals surface area contributed by atoms with E-state index in [9.17, 15) is 14.0 Å². The van der Waals surface area contributed by atoms with Gasteiger partial charge in [0.25, 0.3) is 5.91 Å². The van der Waals surface area contributed by atoms with E-state index in [2.05, 4.69) is 10.4 Å². The van der Waals surface area contributed by atoms with E-state index in [1.165, 1.54) is 23.9 Å². The maximum Gasteiger partial charge on any atom is 0.307 e. The summed E-state index contributed by atoms with van der Waals surface area (Å²) in [4.78, 5) is 25.0. The first-order valence-corrected chi connectivity index (χ1v) is 10.4. The number of amides is 1. The Morgan fingerprint density at radius 1 is 1.10 bits per heavy atom. The Kier molecular flexibility index (Phi) is 7.24. The molecule has 156 valence electrons. The third-order valence-corrected chi connectivity index (χ3v) is 5.32. The molecule has 0 atom stereocenters. The largest absolute Gasteiger partial charge is 0.456 e. The molecule has 1 heterocycles. The minimum atomic E-state index is -0.465. The molecular formula is C22H22FN3O3S. The van der Waals surface area contributed by atoms with Gasteiger partial charge in [0.15, 0.2) is 6.61 Å². The third kappa shape index (κ3) is 5.70. The molecule has 0 saturated carbocycles. The van der Waals surface area contributed by atoms with Crippen molar-refractivity contribution in [1.82, 2.24) is 9.78 Å². The summed E-state index contributed by atoms with van der Waals surface area (Å²) in [6, 6.07) is 15.6. The molecule has 0 aliphatic heterocycles. The van der Waals surface area contributed by atoms with E-state index in [4.69, 9.17) is 4.74 Å². The normalized spacial score (nSPS) is 10.6. The molecule has 0 saturated heterocycles. The summed E-state index contributed by atoms with van der Waals surface area (Å²) in [5.74, 6) is -0.708. The number of nitrogens with one attached hydrogen (secondary N) is 1. The number of aryl methyl sites for hydroxylation is 1. The molecule has 8 heteroatoms. The first-order chi connectivity index (χ1) is 14.4. The lowest BCUT2D eigenvalue weighted by atomic mass is 10.3. The molecule has 2 aromatic carbocycles. The molecule has 1 amide bonds. The van der Waals surface area contributed by atoms with E-state index < -0.39 is 11.9 Å². The van der Waals surface area contributed by atoms with Gasteiger partial charge in [0, 0.05) is 10.6 Å². The van der Waals surface area contributed by atoms with Crippen molar-refractivity contribution in [2.24, 2.45) is 0 Å². The number of nitrogens with zero attached hydrogens (tertiary/aromatic N) is 2. The van der Waals surface area contributed by atoms with Crippen molar-refractivity contribution in [2.75, 3.05) is 17.7 Å². The van der Waals surface area contributed by atoms with Crippen LogP contribution in [0.15, 0.2) is 59.5 Å². The van der Waals surface area contributed by atoms with Gasteiger partial charge in [0.05, 0.1) is 29.2 Å². The SMILES string of the molecule is Cc1nn(-c2ccccc2)c(C)c1NC(=O)COC(=O)CCSc1ccc(F)cc1. The van der Waals surface area contributed by atoms with Crippen LogP contribution < -0.4 is 5.32 Å². The molecule has 3 rings (SSSR count). The highest BCUT2D eigenvalue weighted by atomic mass is 32.2. The zero-order valence-electron chi connectivity index (χ0n) is 16.7. The van der Waals surface area contributed by atoms with E-state index in [1.807, 2.05) is 37.3 Å². The quantitative estimate of drug-likeness (QED) is 0.429. The fourth-order valence-corrected chi connectivity index (χ4v) is 3.65. The van der Waals surface area contributed by atoms with Crippen LogP contribution >= 0.6 is 11.8 Å². The Balaban J connectivity index is 1.47. The molecule has 3 aromatic rings. The highest BCUT2D eigenvalue weighted by molar-refractivity contribution is 7.99. The topological polar surface area (TPSA) is 73.2 Å². The minimum absolute atomic E-state index is 0.152. The molecule has 6 nitrogen and oxygen atoms in total. The van der Waals surface area contributed by atoms with E-state index in [-0.39, 0.29) is 18.8 Å². The van der Waals surface area contributed by atoms with Gasteiger partial charge in [-0.2, -0.15) is 5.10 Å². The second kappa shape index (κ2) is 10.1. The third-order valence-electron chi connectivity index (χ3n) is 4.31. The van der Waals surface area contributed by atoms with Crippen molar-refractivity contribution >= 4 is 29.3 Å². The number of anilines is 1. The zero-order chi connectivity index (χ0) is 21.5. The number of esters is 1. The average Bonchev–Trinajstić information content (AvgIpc) is 3.02. The van der Waals surface area contributed by atoms with Crippen LogP contribution in [0, 0.1) is 19.7 Å². The van der Waals surface area contributed by atoms with Gasteiger partial charge in [-0.15, -0.1) is 11.8 Å². The number of aromatic nitrogens is 2. The van der Waals surface area contributed by atoms with E-state index in [0.29, 0.717) is 17.1 Å². The smallest absolute Gasteiger partial charge is 0.307 e. The first-order valence-electron chi connectivity index (χ1n) is 9.39. The number of halogens is 1. The summed E-state index contributed by atoms with van der Waals surface area (Å²) in [5.41, 5.74) is 2.95. The number of carbonyl (C=O) groups is 2. The summed E-state index contributed by atoms with van der Waals surface area (Å²) in [6.45, 7) is 3.30. The van der Waals surface area contributed by atoms with Crippen molar-refractivity contribution in [1.29, 1.82) is 0 Å². The van der Waals surface area contributed by atoms with E-state index in [1.54, 1.807) is 23.7 Å². The van der Waals surface area contributed by atoms with Gasteiger partial charge in [-0.3, -0.25) is 9.59 Å². The van der Waals surface area contributed by atoms with Gasteiger partial charge < -0.3 is 10.1 Å². The summed E-state index contributed by atoms with van der Waals surface area (Å²) in [5, 5.41) is 7.24. The Morgan fingerprint density at radius 2 is 1.80 bits per heavy atom. The van der Waals surface area contributed by atoms with Crippen molar-refractivity contribution in [3.63, 3.8) is 0 Å². The van der Waals surface area contributed by atoms with Crippen LogP contribution in [0.25, 0.3) is 5.69 Å². The monoisotopic (exact) mass is 427 g/mol. The molecule has 0 aliphatic rings. The highest BCUT2D eigenvalue weighted by Crippen LogP contribution is 2.23. The second-order valence-electron chi connectivity index (χ2n) is 6.55. The predicted molar refractivity (Wildman–Crippen MR) is 114 cm³/mol. The summed E-state index contributed by atoms with van der Waals surface area (Å²) in [7, 11) is 0. The number of hydrogen-bond acceptors (Lipinski definition) is 5. The molecule has 0 fully saturated rings. The Labute approximate surface area is 178 Å². The van der Waals surface area contributed by atoms with Crippen molar-refractivity contribution in [3.05, 3.63) is 71.8 Å². The lowest BCUT2D eigenvalue weighted by Crippen LogP contribution is -2.21. The van der Waals surface area contributed by atoms with Crippen LogP contribution in [-0.4, -0.2) is 34.0 Å². The minimum Gasteiger partial charge on any atom is -0.456 e. The van der Waals surface area contributed by atoms with Crippen LogP contribution in [0.3, 0.4) is 0 Å². The van der Waals surface area contributed by atoms with Gasteiger partial charge in [-0.25, -0.2) is 9.07 Å². The molecule has 0 aliphatic carbocycles. The van der Waals surface area contributed by atoms with Crippen molar-refractivity contribution in [3.8, 4) is 5.69 Å². The number of benzene rings is 2. The predicted octanol–water partition coefficient (Wildman–Crippen LogP) is 4.29. The standard InChI is InChI=1S/C22H22FN3O3S/c1-15-22(16(2)26(25-15)18-6-4-3-5-7-18)24-20(27)14-29-21(28)12-13-30-19-10-8-17(23)9-11-19/h3-11H,12-14H2,1-2H3,(H,24,27). The molecule has 1 aromatic heterocycles. The van der Waals surface area contributed by atoms with Gasteiger partial charge in [0.2, 0.25) is 0 Å². The molecule has 0 spiro atoms. The number of hydrogen-bond donors (Lipinski definition) is 1. The molecule has 30 heavy (non-hydrogen) atoms. The van der Waals surface area contributed by atoms with Gasteiger partial charge in [0.1, 0.15) is 5.82 Å². The van der Waals surface area contributed by atoms with Gasteiger partial charge in [-0.1, -0.05) is 18.2 Å². The fourth-order valence-electron chi connectivity index (χ4n) is 2.82. The maximum atomic E-state index is 12.9. The van der Waals surface area contributed by atoms with E-state index >= 15 is 0 Å². The second-order valence-corrected chi connectivity index (χ2v) is 7.72. The molecule has 1 N–H and O–H groups in total. The van der Waals surface area contributed by atoms with Crippen molar-refractivity contribution < 1.29 is 18.7 Å². The lowest BCUT2D eigenvalue weighted by molar-refractivity contribution is -0.146. The van der Waals surface area contributed by atoms with Gasteiger partial charge >= 0.3 is 5.97 Å². The molecular weight excluding hydrogens is 405 g/mol. The number of ether oxygens (including phenoxy) is 1. The number of rotatable bonds is 8. The first kappa shape index (κ1) is 21.6. The Bertz CT molecular complexity index is 1020. The van der Waals surface area contributed by atoms with Crippen LogP contribution in [0.5, 0.6) is 0 Å². The number of thioether (sulfide) groups is 1. The summed E-state index contributed by atoms with van der Waals surface area (Å²) >= 11 is 1.42. The molecule has 0 unspecified atom stereocenters. The average molecular weight is 428 g/mol.